The van der Waals surface area contributed by atoms with Crippen LogP contribution in [0.1, 0.15) is 16.1 Å². The summed E-state index contributed by atoms with van der Waals surface area (Å²) in [5, 5.41) is 1.86. The Morgan fingerprint density at radius 2 is 2.38 bits per heavy atom. The largest absolute Gasteiger partial charge is 0.397 e. The van der Waals surface area contributed by atoms with Gasteiger partial charge in [0, 0.05) is 19.1 Å². The van der Waals surface area contributed by atoms with Crippen LogP contribution >= 0.6 is 11.3 Å². The predicted molar refractivity (Wildman–Crippen MR) is 66.7 cm³/mol. The molecular formula is C11H17N3OS. The van der Waals surface area contributed by atoms with Crippen LogP contribution in [0.15, 0.2) is 11.4 Å². The molecule has 5 heteroatoms. The van der Waals surface area contributed by atoms with Gasteiger partial charge in [0.05, 0.1) is 5.69 Å². The maximum Gasteiger partial charge on any atom is 0.266 e. The Morgan fingerprint density at radius 1 is 1.62 bits per heavy atom. The number of anilines is 1. The number of hydrogen-bond donors (Lipinski definition) is 1. The van der Waals surface area contributed by atoms with E-state index in [1.54, 1.807) is 6.07 Å². The molecule has 88 valence electrons. The molecule has 1 saturated heterocycles. The topological polar surface area (TPSA) is 49.6 Å². The average Bonchev–Trinajstić information content (AvgIpc) is 2.84. The molecule has 2 rings (SSSR count). The lowest BCUT2D eigenvalue weighted by molar-refractivity contribution is 0.0789. The maximum absolute atomic E-state index is 12.1. The monoisotopic (exact) mass is 239 g/mol. The van der Waals surface area contributed by atoms with Gasteiger partial charge in [0.25, 0.3) is 5.91 Å². The number of likely N-dealkylation sites (N-methyl/N-ethyl adjacent to an activating group) is 1. The molecule has 1 fully saturated rings. The average molecular weight is 239 g/mol. The normalized spacial score (nSPS) is 20.7. The highest BCUT2D eigenvalue weighted by Crippen LogP contribution is 2.23. The molecule has 1 aromatic heterocycles. The van der Waals surface area contributed by atoms with Crippen LogP contribution in [0.5, 0.6) is 0 Å². The molecule has 2 N–H and O–H groups in total. The molecule has 1 unspecified atom stereocenters. The lowest BCUT2D eigenvalue weighted by Crippen LogP contribution is -2.34. The van der Waals surface area contributed by atoms with Gasteiger partial charge in [-0.05, 0) is 32.0 Å². The number of nitrogens with two attached hydrogens (primary N) is 1. The fourth-order valence-corrected chi connectivity index (χ4v) is 2.77. The zero-order valence-electron chi connectivity index (χ0n) is 9.64. The van der Waals surface area contributed by atoms with Crippen LogP contribution in [0.3, 0.4) is 0 Å². The smallest absolute Gasteiger partial charge is 0.266 e. The number of nitrogen functional groups attached to an aromatic ring is 1. The molecule has 0 saturated carbocycles. The zero-order chi connectivity index (χ0) is 11.7. The van der Waals surface area contributed by atoms with E-state index in [9.17, 15) is 4.79 Å². The van der Waals surface area contributed by atoms with Gasteiger partial charge >= 0.3 is 0 Å². The van der Waals surface area contributed by atoms with Crippen molar-refractivity contribution >= 4 is 22.9 Å². The van der Waals surface area contributed by atoms with Gasteiger partial charge in [-0.25, -0.2) is 0 Å². The van der Waals surface area contributed by atoms with Crippen molar-refractivity contribution in [1.82, 2.24) is 9.80 Å². The van der Waals surface area contributed by atoms with E-state index >= 15 is 0 Å². The number of likely N-dealkylation sites (tertiary alicyclic amines) is 1. The second-order valence-electron chi connectivity index (χ2n) is 4.36. The molecule has 2 heterocycles. The van der Waals surface area contributed by atoms with Crippen LogP contribution in [0.25, 0.3) is 0 Å². The first-order chi connectivity index (χ1) is 7.59. The van der Waals surface area contributed by atoms with Crippen molar-refractivity contribution in [3.8, 4) is 0 Å². The van der Waals surface area contributed by atoms with Gasteiger partial charge in [-0.3, -0.25) is 4.79 Å². The summed E-state index contributed by atoms with van der Waals surface area (Å²) < 4.78 is 0. The minimum absolute atomic E-state index is 0.0804. The van der Waals surface area contributed by atoms with E-state index in [2.05, 4.69) is 19.0 Å². The first-order valence-electron chi connectivity index (χ1n) is 5.38. The van der Waals surface area contributed by atoms with Gasteiger partial charge in [0.15, 0.2) is 0 Å². The number of carbonyl (C=O) groups is 1. The maximum atomic E-state index is 12.1. The molecule has 1 aromatic rings. The van der Waals surface area contributed by atoms with Crippen molar-refractivity contribution in [3.05, 3.63) is 16.3 Å². The fraction of sp³-hybridized carbons (Fsp3) is 0.545. The number of carbonyl (C=O) groups excluding carboxylic acids is 1. The molecule has 1 atom stereocenters. The standard InChI is InChI=1S/C11H17N3OS/c1-13(2)8-3-5-14(7-8)11(15)10-9(12)4-6-16-10/h4,6,8H,3,5,7,12H2,1-2H3. The van der Waals surface area contributed by atoms with Gasteiger partial charge in [0.1, 0.15) is 4.88 Å². The summed E-state index contributed by atoms with van der Waals surface area (Å²) in [6.45, 7) is 1.64. The summed E-state index contributed by atoms with van der Waals surface area (Å²) in [6, 6.07) is 2.27. The fourth-order valence-electron chi connectivity index (χ4n) is 1.98. The highest BCUT2D eigenvalue weighted by atomic mass is 32.1. The van der Waals surface area contributed by atoms with Crippen molar-refractivity contribution < 1.29 is 4.79 Å². The molecule has 0 aliphatic carbocycles. The predicted octanol–water partition coefficient (Wildman–Crippen LogP) is 1.11. The third kappa shape index (κ3) is 2.05. The number of thiophene rings is 1. The van der Waals surface area contributed by atoms with Gasteiger partial charge in [-0.15, -0.1) is 11.3 Å². The van der Waals surface area contributed by atoms with Crippen LogP contribution in [0.2, 0.25) is 0 Å². The van der Waals surface area contributed by atoms with Crippen LogP contribution in [0, 0.1) is 0 Å². The van der Waals surface area contributed by atoms with Crippen molar-refractivity contribution in [1.29, 1.82) is 0 Å². The van der Waals surface area contributed by atoms with Gasteiger partial charge in [-0.2, -0.15) is 0 Å². The molecule has 1 aliphatic heterocycles. The molecule has 1 amide bonds. The van der Waals surface area contributed by atoms with Crippen molar-refractivity contribution in [2.75, 3.05) is 32.9 Å². The lowest BCUT2D eigenvalue weighted by Gasteiger charge is -2.20. The van der Waals surface area contributed by atoms with E-state index in [1.165, 1.54) is 11.3 Å². The Balaban J connectivity index is 2.05. The second-order valence-corrected chi connectivity index (χ2v) is 5.28. The summed E-state index contributed by atoms with van der Waals surface area (Å²) in [6.07, 6.45) is 1.05. The molecule has 0 radical (unpaired) electrons. The molecule has 16 heavy (non-hydrogen) atoms. The zero-order valence-corrected chi connectivity index (χ0v) is 10.5. The van der Waals surface area contributed by atoms with Crippen LogP contribution in [-0.2, 0) is 0 Å². The van der Waals surface area contributed by atoms with E-state index in [0.717, 1.165) is 19.5 Å². The van der Waals surface area contributed by atoms with Crippen molar-refractivity contribution in [2.24, 2.45) is 0 Å². The Hall–Kier alpha value is -1.07. The Morgan fingerprint density at radius 3 is 2.88 bits per heavy atom. The SMILES string of the molecule is CN(C)C1CCN(C(=O)c2sccc2N)C1. The van der Waals surface area contributed by atoms with Crippen LogP contribution in [-0.4, -0.2) is 48.9 Å². The van der Waals surface area contributed by atoms with E-state index in [1.807, 2.05) is 10.3 Å². The first kappa shape index (κ1) is 11.4. The number of hydrogen-bond acceptors (Lipinski definition) is 4. The summed E-state index contributed by atoms with van der Waals surface area (Å²) in [4.78, 5) is 16.9. The van der Waals surface area contributed by atoms with Gasteiger partial charge in [0.2, 0.25) is 0 Å². The van der Waals surface area contributed by atoms with Crippen molar-refractivity contribution in [3.63, 3.8) is 0 Å². The number of amides is 1. The Bertz CT molecular complexity index is 388. The molecule has 1 aliphatic rings. The first-order valence-corrected chi connectivity index (χ1v) is 6.26. The number of rotatable bonds is 2. The number of nitrogens with zero attached hydrogens (tertiary/aromatic N) is 2. The lowest BCUT2D eigenvalue weighted by atomic mass is 10.2. The highest BCUT2D eigenvalue weighted by molar-refractivity contribution is 7.12. The molecule has 0 aromatic carbocycles. The highest BCUT2D eigenvalue weighted by Gasteiger charge is 2.29. The molecule has 4 nitrogen and oxygen atoms in total. The third-order valence-corrected chi connectivity index (χ3v) is 3.99. The summed E-state index contributed by atoms with van der Waals surface area (Å²) in [5.41, 5.74) is 6.36. The van der Waals surface area contributed by atoms with Crippen molar-refractivity contribution in [2.45, 2.75) is 12.5 Å². The Labute approximate surface area is 99.6 Å². The molecule has 0 bridgehead atoms. The minimum atomic E-state index is 0.0804. The molecular weight excluding hydrogens is 222 g/mol. The van der Waals surface area contributed by atoms with E-state index in [0.29, 0.717) is 16.6 Å². The van der Waals surface area contributed by atoms with Gasteiger partial charge in [-0.1, -0.05) is 0 Å². The summed E-state index contributed by atoms with van der Waals surface area (Å²) >= 11 is 1.42. The third-order valence-electron chi connectivity index (χ3n) is 3.07. The van der Waals surface area contributed by atoms with E-state index in [-0.39, 0.29) is 5.91 Å². The molecule has 0 spiro atoms. The summed E-state index contributed by atoms with van der Waals surface area (Å²) in [7, 11) is 4.11. The van der Waals surface area contributed by atoms with Gasteiger partial charge < -0.3 is 15.5 Å². The second kappa shape index (κ2) is 4.43. The van der Waals surface area contributed by atoms with Crippen LogP contribution in [0.4, 0.5) is 5.69 Å². The summed E-state index contributed by atoms with van der Waals surface area (Å²) in [5.74, 6) is 0.0804. The van der Waals surface area contributed by atoms with E-state index < -0.39 is 0 Å². The Kier molecular flexibility index (Phi) is 3.16. The van der Waals surface area contributed by atoms with E-state index in [4.69, 9.17) is 5.73 Å². The quantitative estimate of drug-likeness (QED) is 0.841. The minimum Gasteiger partial charge on any atom is -0.397 e. The van der Waals surface area contributed by atoms with Crippen LogP contribution < -0.4 is 5.73 Å².